The number of nitrogens with one attached hydrogen (secondary N) is 1. The Labute approximate surface area is 159 Å². The number of alkyl halides is 5. The molecule has 9 heteroatoms. The summed E-state index contributed by atoms with van der Waals surface area (Å²) in [5.41, 5.74) is -1.07. The largest absolute Gasteiger partial charge is 0.416 e. The van der Waals surface area contributed by atoms with E-state index in [0.717, 1.165) is 38.1 Å². The summed E-state index contributed by atoms with van der Waals surface area (Å²) in [7, 11) is 2.03. The van der Waals surface area contributed by atoms with Crippen molar-refractivity contribution in [3.63, 3.8) is 0 Å². The van der Waals surface area contributed by atoms with Crippen molar-refractivity contribution in [1.82, 2.24) is 15.1 Å². The number of anilines is 1. The summed E-state index contributed by atoms with van der Waals surface area (Å²) in [6.45, 7) is 3.66. The molecule has 2 aromatic rings. The Hall–Kier alpha value is -2.29. The van der Waals surface area contributed by atoms with Crippen LogP contribution in [-0.4, -0.2) is 41.3 Å². The molecule has 152 valence electrons. The molecule has 0 unspecified atom stereocenters. The van der Waals surface area contributed by atoms with Gasteiger partial charge in [-0.25, -0.2) is 8.78 Å². The van der Waals surface area contributed by atoms with Crippen LogP contribution in [0.1, 0.15) is 36.0 Å². The molecule has 0 spiro atoms. The highest BCUT2D eigenvalue weighted by molar-refractivity contribution is 5.66. The van der Waals surface area contributed by atoms with Crippen LogP contribution in [0, 0.1) is 6.92 Å². The van der Waals surface area contributed by atoms with Crippen molar-refractivity contribution in [2.24, 2.45) is 0 Å². The van der Waals surface area contributed by atoms with E-state index < -0.39 is 23.7 Å². The summed E-state index contributed by atoms with van der Waals surface area (Å²) >= 11 is 0. The van der Waals surface area contributed by atoms with Gasteiger partial charge in [0.25, 0.3) is 6.43 Å². The van der Waals surface area contributed by atoms with Crippen LogP contribution < -0.4 is 5.32 Å². The number of nitrogens with zero attached hydrogens (tertiary/aromatic N) is 3. The fourth-order valence-electron chi connectivity index (χ4n) is 3.39. The lowest BCUT2D eigenvalue weighted by molar-refractivity contribution is -0.137. The standard InChI is InChI=1S/C19H21F5N4/c1-11-8-16(26-27-18(11)25-13-4-3-7-28(2)10-13)14-6-5-12(19(22,23)24)9-15(14)17(20)21/h5-6,8-9,13,17H,3-4,7,10H2,1-2H3,(H,25,27)/t13-/m1/s1. The molecule has 0 aliphatic carbocycles. The van der Waals surface area contributed by atoms with Gasteiger partial charge in [0, 0.05) is 23.7 Å². The second-order valence-electron chi connectivity index (χ2n) is 7.11. The molecule has 4 nitrogen and oxygen atoms in total. The number of halogens is 5. The maximum atomic E-state index is 13.4. The summed E-state index contributed by atoms with van der Waals surface area (Å²) in [6.07, 6.45) is -5.70. The summed E-state index contributed by atoms with van der Waals surface area (Å²) < 4.78 is 65.3. The van der Waals surface area contributed by atoms with Gasteiger partial charge in [0.05, 0.1) is 11.3 Å². The number of hydrogen-bond acceptors (Lipinski definition) is 4. The highest BCUT2D eigenvalue weighted by atomic mass is 19.4. The van der Waals surface area contributed by atoms with Gasteiger partial charge in [0.2, 0.25) is 0 Å². The van der Waals surface area contributed by atoms with Crippen LogP contribution in [0.15, 0.2) is 24.3 Å². The van der Waals surface area contributed by atoms with Crippen molar-refractivity contribution in [2.45, 2.75) is 38.4 Å². The molecule has 1 aliphatic rings. The van der Waals surface area contributed by atoms with Gasteiger partial charge in [-0.1, -0.05) is 6.07 Å². The Morgan fingerprint density at radius 3 is 2.54 bits per heavy atom. The number of benzene rings is 1. The van der Waals surface area contributed by atoms with Crippen LogP contribution in [0.5, 0.6) is 0 Å². The summed E-state index contributed by atoms with van der Waals surface area (Å²) in [6, 6.07) is 4.05. The van der Waals surface area contributed by atoms with Gasteiger partial charge in [-0.2, -0.15) is 13.2 Å². The minimum absolute atomic E-state index is 0.0532. The number of likely N-dealkylation sites (tertiary alicyclic amines) is 1. The summed E-state index contributed by atoms with van der Waals surface area (Å²) in [4.78, 5) is 2.20. The van der Waals surface area contributed by atoms with E-state index >= 15 is 0 Å². The van der Waals surface area contributed by atoms with Crippen molar-refractivity contribution in [3.8, 4) is 11.3 Å². The normalized spacial score (nSPS) is 18.5. The Bertz CT molecular complexity index is 838. The number of piperidine rings is 1. The predicted molar refractivity (Wildman–Crippen MR) is 96.3 cm³/mol. The minimum Gasteiger partial charge on any atom is -0.364 e. The zero-order chi connectivity index (χ0) is 20.5. The van der Waals surface area contributed by atoms with Gasteiger partial charge in [-0.3, -0.25) is 0 Å². The fraction of sp³-hybridized carbons (Fsp3) is 0.474. The third-order valence-corrected chi connectivity index (χ3v) is 4.84. The zero-order valence-corrected chi connectivity index (χ0v) is 15.5. The van der Waals surface area contributed by atoms with E-state index in [1.165, 1.54) is 0 Å². The third kappa shape index (κ3) is 4.57. The first kappa shape index (κ1) is 20.4. The maximum Gasteiger partial charge on any atom is 0.416 e. The monoisotopic (exact) mass is 400 g/mol. The van der Waals surface area contributed by atoms with Crippen LogP contribution in [0.2, 0.25) is 0 Å². The lowest BCUT2D eigenvalue weighted by atomic mass is 10.00. The van der Waals surface area contributed by atoms with Crippen molar-refractivity contribution in [2.75, 3.05) is 25.5 Å². The highest BCUT2D eigenvalue weighted by Gasteiger charge is 2.32. The molecule has 1 aromatic carbocycles. The van der Waals surface area contributed by atoms with Crippen molar-refractivity contribution < 1.29 is 22.0 Å². The van der Waals surface area contributed by atoms with Crippen LogP contribution in [0.25, 0.3) is 11.3 Å². The van der Waals surface area contributed by atoms with E-state index in [1.807, 2.05) is 7.05 Å². The molecular formula is C19H21F5N4. The Kier molecular flexibility index (Phi) is 5.83. The van der Waals surface area contributed by atoms with E-state index in [4.69, 9.17) is 0 Å². The quantitative estimate of drug-likeness (QED) is 0.740. The Balaban J connectivity index is 1.89. The predicted octanol–water partition coefficient (Wildman–Crippen LogP) is 4.91. The van der Waals surface area contributed by atoms with Gasteiger partial charge in [-0.15, -0.1) is 10.2 Å². The van der Waals surface area contributed by atoms with Crippen molar-refractivity contribution in [1.29, 1.82) is 0 Å². The number of likely N-dealkylation sites (N-methyl/N-ethyl adjacent to an activating group) is 1. The molecule has 0 radical (unpaired) electrons. The van der Waals surface area contributed by atoms with Crippen molar-refractivity contribution >= 4 is 5.82 Å². The lowest BCUT2D eigenvalue weighted by Gasteiger charge is -2.30. The van der Waals surface area contributed by atoms with Gasteiger partial charge >= 0.3 is 6.18 Å². The van der Waals surface area contributed by atoms with E-state index in [0.29, 0.717) is 17.4 Å². The lowest BCUT2D eigenvalue weighted by Crippen LogP contribution is -2.40. The van der Waals surface area contributed by atoms with Gasteiger partial charge in [0.1, 0.15) is 0 Å². The Morgan fingerprint density at radius 1 is 1.18 bits per heavy atom. The van der Waals surface area contributed by atoms with Gasteiger partial charge in [-0.05, 0) is 57.1 Å². The zero-order valence-electron chi connectivity index (χ0n) is 15.5. The molecular weight excluding hydrogens is 379 g/mol. The van der Waals surface area contributed by atoms with Crippen molar-refractivity contribution in [3.05, 3.63) is 41.0 Å². The van der Waals surface area contributed by atoms with Gasteiger partial charge < -0.3 is 10.2 Å². The van der Waals surface area contributed by atoms with E-state index in [-0.39, 0.29) is 17.3 Å². The van der Waals surface area contributed by atoms with E-state index in [1.54, 1.807) is 13.0 Å². The molecule has 1 fully saturated rings. The number of aromatic nitrogens is 2. The summed E-state index contributed by atoms with van der Waals surface area (Å²) in [5.74, 6) is 0.551. The third-order valence-electron chi connectivity index (χ3n) is 4.84. The first-order chi connectivity index (χ1) is 13.1. The molecule has 2 heterocycles. The first-order valence-electron chi connectivity index (χ1n) is 8.94. The minimum atomic E-state index is -4.69. The Morgan fingerprint density at radius 2 is 1.93 bits per heavy atom. The molecule has 1 aromatic heterocycles. The molecule has 0 bridgehead atoms. The van der Waals surface area contributed by atoms with Gasteiger partial charge in [0.15, 0.2) is 5.82 Å². The average Bonchev–Trinajstić information content (AvgIpc) is 2.62. The number of aryl methyl sites for hydroxylation is 1. The van der Waals surface area contributed by atoms with E-state index in [2.05, 4.69) is 20.4 Å². The number of rotatable bonds is 4. The second-order valence-corrected chi connectivity index (χ2v) is 7.11. The SMILES string of the molecule is Cc1cc(-c2ccc(C(F)(F)F)cc2C(F)F)nnc1N[C@@H]1CCCN(C)C1. The topological polar surface area (TPSA) is 41.1 Å². The molecule has 1 atom stereocenters. The molecule has 0 amide bonds. The average molecular weight is 400 g/mol. The number of hydrogen-bond donors (Lipinski definition) is 1. The molecule has 1 N–H and O–H groups in total. The molecule has 0 saturated carbocycles. The molecule has 1 saturated heterocycles. The van der Waals surface area contributed by atoms with Crippen LogP contribution in [-0.2, 0) is 6.18 Å². The summed E-state index contributed by atoms with van der Waals surface area (Å²) in [5, 5.41) is 11.4. The van der Waals surface area contributed by atoms with Crippen LogP contribution in [0.3, 0.4) is 0 Å². The van der Waals surface area contributed by atoms with Crippen LogP contribution >= 0.6 is 0 Å². The van der Waals surface area contributed by atoms with E-state index in [9.17, 15) is 22.0 Å². The smallest absolute Gasteiger partial charge is 0.364 e. The fourth-order valence-corrected chi connectivity index (χ4v) is 3.39. The molecule has 3 rings (SSSR count). The molecule has 1 aliphatic heterocycles. The first-order valence-corrected chi connectivity index (χ1v) is 8.94. The van der Waals surface area contributed by atoms with Crippen LogP contribution in [0.4, 0.5) is 27.8 Å². The highest BCUT2D eigenvalue weighted by Crippen LogP contribution is 2.37. The second kappa shape index (κ2) is 7.98. The maximum absolute atomic E-state index is 13.4. The molecule has 28 heavy (non-hydrogen) atoms.